The van der Waals surface area contributed by atoms with Crippen LogP contribution in [-0.4, -0.2) is 83.9 Å². The fourth-order valence-corrected chi connectivity index (χ4v) is 7.85. The number of nitrogens with zero attached hydrogens (tertiary/aromatic N) is 7. The van der Waals surface area contributed by atoms with E-state index in [4.69, 9.17) is 15.6 Å². The van der Waals surface area contributed by atoms with Crippen molar-refractivity contribution in [1.82, 2.24) is 29.5 Å². The van der Waals surface area contributed by atoms with Gasteiger partial charge in [0.1, 0.15) is 35.2 Å². The van der Waals surface area contributed by atoms with Crippen molar-refractivity contribution in [1.29, 1.82) is 0 Å². The number of aromatic nitrogens is 4. The van der Waals surface area contributed by atoms with Crippen LogP contribution in [0.2, 0.25) is 0 Å². The minimum atomic E-state index is -1.29. The van der Waals surface area contributed by atoms with Crippen LogP contribution in [0, 0.1) is 0 Å². The van der Waals surface area contributed by atoms with Crippen molar-refractivity contribution in [3.63, 3.8) is 0 Å². The Bertz CT molecular complexity index is 2270. The van der Waals surface area contributed by atoms with Gasteiger partial charge >= 0.3 is 11.9 Å². The Kier molecular flexibility index (Phi) is 9.53. The van der Waals surface area contributed by atoms with Crippen LogP contribution in [-0.2, 0) is 0 Å². The van der Waals surface area contributed by atoms with Crippen molar-refractivity contribution in [3.8, 4) is 22.8 Å². The summed E-state index contributed by atoms with van der Waals surface area (Å²) in [6.07, 6.45) is 14.8. The molecule has 13 heteroatoms. The van der Waals surface area contributed by atoms with E-state index in [-0.39, 0.29) is 17.2 Å². The second-order valence-electron chi connectivity index (χ2n) is 13.6. The zero-order chi connectivity index (χ0) is 37.2. The SMILES string of the molecule is Nc1ncnc2c1c(-c1ccc(Oc3ccccc3)cc1)nn2C1CCC(N2CCN(C3=CC=CC=CN3c3cccc(C(=O)O)c3C(=O)O)CC2)CC1. The summed E-state index contributed by atoms with van der Waals surface area (Å²) in [7, 11) is 0. The highest BCUT2D eigenvalue weighted by molar-refractivity contribution is 6.06. The third-order valence-corrected chi connectivity index (χ3v) is 10.5. The van der Waals surface area contributed by atoms with Gasteiger partial charge in [-0.1, -0.05) is 36.4 Å². The maximum Gasteiger partial charge on any atom is 0.338 e. The van der Waals surface area contributed by atoms with Gasteiger partial charge in [-0.2, -0.15) is 5.10 Å². The number of hydrogen-bond donors (Lipinski definition) is 3. The summed E-state index contributed by atoms with van der Waals surface area (Å²) in [5, 5.41) is 25.6. The van der Waals surface area contributed by atoms with Crippen molar-refractivity contribution in [2.24, 2.45) is 0 Å². The molecule has 0 amide bonds. The molecule has 0 unspecified atom stereocenters. The largest absolute Gasteiger partial charge is 0.478 e. The lowest BCUT2D eigenvalue weighted by atomic mass is 9.90. The molecular formula is C41H40N8O5. The number of hydrogen-bond acceptors (Lipinski definition) is 10. The molecule has 54 heavy (non-hydrogen) atoms. The van der Waals surface area contributed by atoms with E-state index in [1.165, 1.54) is 12.4 Å². The quantitative estimate of drug-likeness (QED) is 0.146. The van der Waals surface area contributed by atoms with E-state index < -0.39 is 11.9 Å². The summed E-state index contributed by atoms with van der Waals surface area (Å²) in [6, 6.07) is 22.7. The first kappa shape index (κ1) is 34.6. The van der Waals surface area contributed by atoms with Crippen molar-refractivity contribution >= 4 is 34.5 Å². The monoisotopic (exact) mass is 724 g/mol. The molecule has 2 aliphatic heterocycles. The molecule has 1 saturated heterocycles. The Morgan fingerprint density at radius 1 is 0.759 bits per heavy atom. The Morgan fingerprint density at radius 3 is 2.20 bits per heavy atom. The Hall–Kier alpha value is -6.47. The molecule has 2 fully saturated rings. The molecule has 0 spiro atoms. The number of aromatic carboxylic acids is 2. The van der Waals surface area contributed by atoms with Gasteiger partial charge in [-0.3, -0.25) is 4.90 Å². The van der Waals surface area contributed by atoms with Crippen LogP contribution in [0.15, 0.2) is 115 Å². The summed E-state index contributed by atoms with van der Waals surface area (Å²) in [4.78, 5) is 39.8. The van der Waals surface area contributed by atoms with E-state index in [1.807, 2.05) is 83.6 Å². The molecule has 13 nitrogen and oxygen atoms in total. The van der Waals surface area contributed by atoms with E-state index >= 15 is 0 Å². The highest BCUT2D eigenvalue weighted by atomic mass is 16.5. The number of allylic oxidation sites excluding steroid dienone is 4. The number of nitrogen functional groups attached to an aromatic ring is 1. The molecule has 1 saturated carbocycles. The van der Waals surface area contributed by atoms with Crippen molar-refractivity contribution in [2.75, 3.05) is 36.8 Å². The van der Waals surface area contributed by atoms with Gasteiger partial charge in [-0.25, -0.2) is 24.2 Å². The normalized spacial score (nSPS) is 19.1. The predicted molar refractivity (Wildman–Crippen MR) is 205 cm³/mol. The van der Waals surface area contributed by atoms with Crippen LogP contribution in [0.5, 0.6) is 11.5 Å². The van der Waals surface area contributed by atoms with Gasteiger partial charge in [0.25, 0.3) is 0 Å². The summed E-state index contributed by atoms with van der Waals surface area (Å²) in [5.41, 5.74) is 8.67. The maximum absolute atomic E-state index is 12.3. The molecule has 2 aromatic heterocycles. The predicted octanol–water partition coefficient (Wildman–Crippen LogP) is 6.80. The fourth-order valence-electron chi connectivity index (χ4n) is 7.85. The molecule has 5 aromatic rings. The molecule has 4 N–H and O–H groups in total. The molecule has 8 rings (SSSR count). The van der Waals surface area contributed by atoms with Crippen LogP contribution < -0.4 is 15.4 Å². The number of ether oxygens (including phenoxy) is 1. The number of benzene rings is 3. The van der Waals surface area contributed by atoms with Gasteiger partial charge in [-0.15, -0.1) is 0 Å². The minimum Gasteiger partial charge on any atom is -0.478 e. The lowest BCUT2D eigenvalue weighted by Crippen LogP contribution is -2.52. The van der Waals surface area contributed by atoms with Crippen LogP contribution in [0.1, 0.15) is 52.4 Å². The average Bonchev–Trinajstić information content (AvgIpc) is 3.42. The second-order valence-corrected chi connectivity index (χ2v) is 13.6. The van der Waals surface area contributed by atoms with Crippen molar-refractivity contribution in [2.45, 2.75) is 37.8 Å². The number of carboxylic acids is 2. The number of anilines is 2. The van der Waals surface area contributed by atoms with E-state index in [0.29, 0.717) is 17.5 Å². The van der Waals surface area contributed by atoms with Crippen LogP contribution in [0.3, 0.4) is 0 Å². The van der Waals surface area contributed by atoms with Crippen LogP contribution >= 0.6 is 0 Å². The number of rotatable bonds is 9. The van der Waals surface area contributed by atoms with Crippen molar-refractivity contribution < 1.29 is 24.5 Å². The third kappa shape index (κ3) is 6.76. The topological polar surface area (TPSA) is 163 Å². The Labute approximate surface area is 311 Å². The smallest absolute Gasteiger partial charge is 0.338 e. The first-order valence-corrected chi connectivity index (χ1v) is 18.1. The molecule has 0 radical (unpaired) electrons. The summed E-state index contributed by atoms with van der Waals surface area (Å²) < 4.78 is 8.05. The minimum absolute atomic E-state index is 0.169. The molecule has 0 bridgehead atoms. The number of para-hydroxylation sites is 1. The van der Waals surface area contributed by atoms with Gasteiger partial charge in [0.2, 0.25) is 0 Å². The third-order valence-electron chi connectivity index (χ3n) is 10.5. The summed E-state index contributed by atoms with van der Waals surface area (Å²) >= 11 is 0. The second kappa shape index (κ2) is 14.9. The molecule has 3 aliphatic rings. The molecule has 3 aromatic carbocycles. The zero-order valence-corrected chi connectivity index (χ0v) is 29.5. The van der Waals surface area contributed by atoms with E-state index in [2.05, 4.69) is 19.8 Å². The first-order chi connectivity index (χ1) is 26.4. The number of fused-ring (bicyclic) bond motifs is 1. The molecule has 1 aliphatic carbocycles. The van der Waals surface area contributed by atoms with E-state index in [9.17, 15) is 19.8 Å². The number of piperazine rings is 1. The summed E-state index contributed by atoms with van der Waals surface area (Å²) in [6.45, 7) is 3.17. The van der Waals surface area contributed by atoms with E-state index in [0.717, 1.165) is 91.5 Å². The van der Waals surface area contributed by atoms with Crippen LogP contribution in [0.25, 0.3) is 22.3 Å². The Morgan fingerprint density at radius 2 is 1.48 bits per heavy atom. The summed E-state index contributed by atoms with van der Waals surface area (Å²) in [5.74, 6) is 0.136. The molecule has 4 heterocycles. The van der Waals surface area contributed by atoms with Crippen LogP contribution in [0.4, 0.5) is 11.5 Å². The van der Waals surface area contributed by atoms with Gasteiger partial charge in [0.05, 0.1) is 28.2 Å². The van der Waals surface area contributed by atoms with Gasteiger partial charge in [0.15, 0.2) is 5.65 Å². The first-order valence-electron chi connectivity index (χ1n) is 18.1. The Balaban J connectivity index is 0.943. The van der Waals surface area contributed by atoms with Gasteiger partial charge < -0.3 is 30.5 Å². The van der Waals surface area contributed by atoms with Gasteiger partial charge in [0, 0.05) is 44.0 Å². The fraction of sp³-hybridized carbons (Fsp3) is 0.244. The zero-order valence-electron chi connectivity index (χ0n) is 29.5. The van der Waals surface area contributed by atoms with E-state index in [1.54, 1.807) is 23.2 Å². The highest BCUT2D eigenvalue weighted by Gasteiger charge is 2.33. The lowest BCUT2D eigenvalue weighted by molar-refractivity contribution is 0.0652. The highest BCUT2D eigenvalue weighted by Crippen LogP contribution is 2.38. The van der Waals surface area contributed by atoms with Gasteiger partial charge in [-0.05, 0) is 86.4 Å². The maximum atomic E-state index is 12.3. The number of nitrogens with two attached hydrogens (primary N) is 1. The lowest BCUT2D eigenvalue weighted by Gasteiger charge is -2.44. The average molecular weight is 725 g/mol. The number of carbonyl (C=O) groups is 2. The van der Waals surface area contributed by atoms with Crippen molar-refractivity contribution in [3.05, 3.63) is 127 Å². The standard InChI is InChI=1S/C41H40N8O5/c42-38-36-37(27-13-19-31(20-14-27)54-30-8-3-1-4-9-30)45-49(39(36)44-26-43-38)29-17-15-28(16-18-29)46-22-24-47(25-23-46)34-12-5-2-6-21-48(34)33-11-7-10-32(40(50)51)35(33)41(52)53/h1-14,19-21,26,28-29H,15-18,22-25H2,(H,50,51)(H,52,53)(H2,42,43,44). The number of carboxylic acid groups (broad SMARTS) is 2. The molecule has 0 atom stereocenters. The molecule has 274 valence electrons. The molecular weight excluding hydrogens is 685 g/mol.